The zero-order valence-electron chi connectivity index (χ0n) is 12.3. The predicted molar refractivity (Wildman–Crippen MR) is 84.7 cm³/mol. The number of H-pyrrole nitrogens is 1. The highest BCUT2D eigenvalue weighted by Crippen LogP contribution is 2.25. The van der Waals surface area contributed by atoms with Gasteiger partial charge in [-0.05, 0) is 43.3 Å². The molecule has 0 aliphatic carbocycles. The summed E-state index contributed by atoms with van der Waals surface area (Å²) in [5.41, 5.74) is 5.16. The summed E-state index contributed by atoms with van der Waals surface area (Å²) in [5.74, 6) is 0.0976. The Balaban J connectivity index is 1.82. The Morgan fingerprint density at radius 1 is 1.18 bits per heavy atom. The Morgan fingerprint density at radius 2 is 1.91 bits per heavy atom. The predicted octanol–water partition coefficient (Wildman–Crippen LogP) is 1.97. The topological polar surface area (TPSA) is 83.2 Å². The van der Waals surface area contributed by atoms with Crippen molar-refractivity contribution in [3.63, 3.8) is 0 Å². The minimum atomic E-state index is -0.389. The Bertz CT molecular complexity index is 626. The third-order valence-electron chi connectivity index (χ3n) is 2.88. The van der Waals surface area contributed by atoms with E-state index in [1.54, 1.807) is 32.4 Å². The molecule has 2 aromatic rings. The number of ether oxygens (including phenoxy) is 1. The molecule has 7 heteroatoms. The number of carbonyl (C=O) groups is 2. The smallest absolute Gasteiger partial charge is 0.286 e. The number of thioether (sulfide) groups is 1. The Kier molecular flexibility index (Phi) is 5.48. The van der Waals surface area contributed by atoms with Crippen LogP contribution in [0.25, 0.3) is 0 Å². The summed E-state index contributed by atoms with van der Waals surface area (Å²) >= 11 is 1.39. The molecular weight excluding hydrogens is 302 g/mol. The zero-order valence-corrected chi connectivity index (χ0v) is 13.1. The number of hydrogen-bond donors (Lipinski definition) is 3. The van der Waals surface area contributed by atoms with Gasteiger partial charge in [0.25, 0.3) is 11.8 Å². The van der Waals surface area contributed by atoms with Crippen molar-refractivity contribution >= 4 is 23.6 Å². The van der Waals surface area contributed by atoms with Crippen molar-refractivity contribution in [2.75, 3.05) is 7.11 Å². The SMILES string of the molecule is COc1ccc(SC(C)C(=O)NNC(=O)c2ccc[nH]2)cc1. The van der Waals surface area contributed by atoms with Gasteiger partial charge in [-0.1, -0.05) is 0 Å². The van der Waals surface area contributed by atoms with Gasteiger partial charge in [0.05, 0.1) is 12.4 Å². The van der Waals surface area contributed by atoms with E-state index in [2.05, 4.69) is 15.8 Å². The molecule has 2 amide bonds. The van der Waals surface area contributed by atoms with Crippen molar-refractivity contribution in [2.24, 2.45) is 0 Å². The summed E-state index contributed by atoms with van der Waals surface area (Å²) in [5, 5.41) is -0.350. The van der Waals surface area contributed by atoms with Gasteiger partial charge in [-0.2, -0.15) is 0 Å². The van der Waals surface area contributed by atoms with E-state index in [1.807, 2.05) is 24.3 Å². The monoisotopic (exact) mass is 319 g/mol. The number of hydrogen-bond acceptors (Lipinski definition) is 4. The molecule has 0 saturated carbocycles. The number of aromatic nitrogens is 1. The van der Waals surface area contributed by atoms with Crippen LogP contribution in [-0.2, 0) is 4.79 Å². The molecule has 0 saturated heterocycles. The van der Waals surface area contributed by atoms with Gasteiger partial charge >= 0.3 is 0 Å². The fourth-order valence-electron chi connectivity index (χ4n) is 1.67. The van der Waals surface area contributed by atoms with Crippen molar-refractivity contribution in [2.45, 2.75) is 17.1 Å². The standard InChI is InChI=1S/C15H17N3O3S/c1-10(22-12-7-5-11(21-2)6-8-12)14(19)17-18-15(20)13-4-3-9-16-13/h3-10,16H,1-2H3,(H,17,19)(H,18,20). The van der Waals surface area contributed by atoms with Crippen LogP contribution in [-0.4, -0.2) is 29.2 Å². The number of aromatic amines is 1. The number of amides is 2. The highest BCUT2D eigenvalue weighted by molar-refractivity contribution is 8.00. The summed E-state index contributed by atoms with van der Waals surface area (Å²) in [4.78, 5) is 27.4. The van der Waals surface area contributed by atoms with E-state index in [4.69, 9.17) is 4.74 Å². The Hall–Kier alpha value is -2.41. The summed E-state index contributed by atoms with van der Waals surface area (Å²) in [6.45, 7) is 1.77. The molecule has 1 aromatic heterocycles. The highest BCUT2D eigenvalue weighted by atomic mass is 32.2. The van der Waals surface area contributed by atoms with Crippen molar-refractivity contribution < 1.29 is 14.3 Å². The van der Waals surface area contributed by atoms with Gasteiger partial charge in [0.1, 0.15) is 11.4 Å². The van der Waals surface area contributed by atoms with Crippen molar-refractivity contribution in [3.05, 3.63) is 48.3 Å². The molecule has 3 N–H and O–H groups in total. The first-order chi connectivity index (χ1) is 10.6. The molecule has 22 heavy (non-hydrogen) atoms. The molecule has 0 fully saturated rings. The maximum atomic E-state index is 12.0. The Labute approximate surface area is 132 Å². The molecule has 0 bridgehead atoms. The average Bonchev–Trinajstić information content (AvgIpc) is 3.07. The summed E-state index contributed by atoms with van der Waals surface area (Å²) in [7, 11) is 1.60. The van der Waals surface area contributed by atoms with E-state index in [9.17, 15) is 9.59 Å². The summed E-state index contributed by atoms with van der Waals surface area (Å²) < 4.78 is 5.08. The normalized spacial score (nSPS) is 11.5. The minimum Gasteiger partial charge on any atom is -0.497 e. The first-order valence-corrected chi connectivity index (χ1v) is 7.52. The van der Waals surface area contributed by atoms with Crippen LogP contribution in [0.1, 0.15) is 17.4 Å². The maximum absolute atomic E-state index is 12.0. The van der Waals surface area contributed by atoms with E-state index < -0.39 is 0 Å². The lowest BCUT2D eigenvalue weighted by molar-refractivity contribution is -0.121. The third kappa shape index (κ3) is 4.29. The number of benzene rings is 1. The first-order valence-electron chi connectivity index (χ1n) is 6.64. The number of rotatable bonds is 5. The second-order valence-electron chi connectivity index (χ2n) is 4.46. The van der Waals surface area contributed by atoms with Gasteiger partial charge < -0.3 is 9.72 Å². The molecular formula is C15H17N3O3S. The van der Waals surface area contributed by atoms with E-state index in [1.165, 1.54) is 11.8 Å². The van der Waals surface area contributed by atoms with Gasteiger partial charge in [0.15, 0.2) is 0 Å². The minimum absolute atomic E-state index is 0.277. The lowest BCUT2D eigenvalue weighted by Crippen LogP contribution is -2.45. The molecule has 1 aromatic carbocycles. The van der Waals surface area contributed by atoms with E-state index in [-0.39, 0.29) is 17.1 Å². The number of methoxy groups -OCH3 is 1. The van der Waals surface area contributed by atoms with Crippen LogP contribution in [0.15, 0.2) is 47.5 Å². The van der Waals surface area contributed by atoms with Crippen LogP contribution in [0, 0.1) is 0 Å². The van der Waals surface area contributed by atoms with Crippen LogP contribution < -0.4 is 15.6 Å². The molecule has 116 valence electrons. The lowest BCUT2D eigenvalue weighted by atomic mass is 10.3. The highest BCUT2D eigenvalue weighted by Gasteiger charge is 2.15. The molecule has 6 nitrogen and oxygen atoms in total. The average molecular weight is 319 g/mol. The van der Waals surface area contributed by atoms with Crippen LogP contribution in [0.3, 0.4) is 0 Å². The van der Waals surface area contributed by atoms with Crippen molar-refractivity contribution in [1.82, 2.24) is 15.8 Å². The largest absolute Gasteiger partial charge is 0.497 e. The second kappa shape index (κ2) is 7.56. The quantitative estimate of drug-likeness (QED) is 0.581. The van der Waals surface area contributed by atoms with Gasteiger partial charge in [0, 0.05) is 11.1 Å². The van der Waals surface area contributed by atoms with E-state index in [0.29, 0.717) is 5.69 Å². The molecule has 1 heterocycles. The Morgan fingerprint density at radius 3 is 2.50 bits per heavy atom. The summed E-state index contributed by atoms with van der Waals surface area (Å²) in [6.07, 6.45) is 1.64. The van der Waals surface area contributed by atoms with Gasteiger partial charge in [-0.25, -0.2) is 0 Å². The molecule has 0 spiro atoms. The van der Waals surface area contributed by atoms with Crippen LogP contribution in [0.4, 0.5) is 0 Å². The molecule has 2 rings (SSSR count). The molecule has 0 aliphatic heterocycles. The lowest BCUT2D eigenvalue weighted by Gasteiger charge is -2.12. The van der Waals surface area contributed by atoms with Crippen LogP contribution in [0.5, 0.6) is 5.75 Å². The van der Waals surface area contributed by atoms with Crippen molar-refractivity contribution in [3.8, 4) is 5.75 Å². The molecule has 0 aliphatic rings. The molecule has 1 unspecified atom stereocenters. The maximum Gasteiger partial charge on any atom is 0.286 e. The van der Waals surface area contributed by atoms with E-state index in [0.717, 1.165) is 10.6 Å². The molecule has 1 atom stereocenters. The summed E-state index contributed by atoms with van der Waals surface area (Å²) in [6, 6.07) is 10.8. The van der Waals surface area contributed by atoms with Crippen LogP contribution >= 0.6 is 11.8 Å². The number of nitrogens with one attached hydrogen (secondary N) is 3. The third-order valence-corrected chi connectivity index (χ3v) is 4.00. The fourth-order valence-corrected chi connectivity index (χ4v) is 2.54. The van der Waals surface area contributed by atoms with E-state index >= 15 is 0 Å². The first kappa shape index (κ1) is 16.0. The van der Waals surface area contributed by atoms with Gasteiger partial charge in [-0.15, -0.1) is 11.8 Å². The van der Waals surface area contributed by atoms with Gasteiger partial charge in [0.2, 0.25) is 0 Å². The van der Waals surface area contributed by atoms with Gasteiger partial charge in [-0.3, -0.25) is 20.4 Å². The number of hydrazine groups is 1. The second-order valence-corrected chi connectivity index (χ2v) is 5.88. The number of carbonyl (C=O) groups excluding carboxylic acids is 2. The molecule has 0 radical (unpaired) electrons. The van der Waals surface area contributed by atoms with Crippen molar-refractivity contribution in [1.29, 1.82) is 0 Å². The zero-order chi connectivity index (χ0) is 15.9. The fraction of sp³-hybridized carbons (Fsp3) is 0.200. The van der Waals surface area contributed by atoms with Crippen LogP contribution in [0.2, 0.25) is 0 Å².